The zero-order valence-corrected chi connectivity index (χ0v) is 11.0. The van der Waals surface area contributed by atoms with E-state index < -0.39 is 0 Å². The summed E-state index contributed by atoms with van der Waals surface area (Å²) >= 11 is 3.50. The molecule has 4 nitrogen and oxygen atoms in total. The summed E-state index contributed by atoms with van der Waals surface area (Å²) in [6.45, 7) is 3.99. The third kappa shape index (κ3) is 2.88. The van der Waals surface area contributed by atoms with E-state index in [9.17, 15) is 0 Å². The summed E-state index contributed by atoms with van der Waals surface area (Å²) in [7, 11) is 0. The maximum atomic E-state index is 8.65. The fourth-order valence-corrected chi connectivity index (χ4v) is 1.78. The Hall–Kier alpha value is -1.23. The standard InChI is InChI=1S/C11H16BrN3O/c1-3-8(11(13)15-16)14-9-6-4-5-7(2)10(9)12/h4-6,8,14,16H,3H2,1-2H3,(H2,13,15). The normalized spacial score (nSPS) is 13.6. The van der Waals surface area contributed by atoms with Crippen LogP contribution in [0.2, 0.25) is 0 Å². The molecule has 16 heavy (non-hydrogen) atoms. The molecule has 0 radical (unpaired) electrons. The van der Waals surface area contributed by atoms with Crippen molar-refractivity contribution in [3.8, 4) is 0 Å². The minimum Gasteiger partial charge on any atom is -0.409 e. The zero-order valence-electron chi connectivity index (χ0n) is 9.37. The van der Waals surface area contributed by atoms with E-state index in [0.717, 1.165) is 22.1 Å². The number of nitrogens with zero attached hydrogens (tertiary/aromatic N) is 1. The number of nitrogens with two attached hydrogens (primary N) is 1. The van der Waals surface area contributed by atoms with Crippen LogP contribution in [-0.2, 0) is 0 Å². The van der Waals surface area contributed by atoms with Crippen LogP contribution in [0.3, 0.4) is 0 Å². The molecule has 0 aliphatic rings. The Labute approximate surface area is 104 Å². The van der Waals surface area contributed by atoms with Gasteiger partial charge in [0.1, 0.15) is 0 Å². The van der Waals surface area contributed by atoms with E-state index in [0.29, 0.717) is 0 Å². The Morgan fingerprint density at radius 3 is 2.88 bits per heavy atom. The van der Waals surface area contributed by atoms with E-state index in [-0.39, 0.29) is 11.9 Å². The molecule has 0 aromatic heterocycles. The first-order chi connectivity index (χ1) is 7.60. The van der Waals surface area contributed by atoms with Crippen LogP contribution in [0.4, 0.5) is 5.69 Å². The number of hydrogen-bond donors (Lipinski definition) is 3. The minimum atomic E-state index is -0.164. The highest BCUT2D eigenvalue weighted by molar-refractivity contribution is 9.10. The van der Waals surface area contributed by atoms with Gasteiger partial charge in [-0.2, -0.15) is 0 Å². The molecule has 0 saturated heterocycles. The van der Waals surface area contributed by atoms with E-state index >= 15 is 0 Å². The molecule has 1 aromatic rings. The van der Waals surface area contributed by atoms with Crippen molar-refractivity contribution in [2.24, 2.45) is 10.9 Å². The summed E-state index contributed by atoms with van der Waals surface area (Å²) in [6.07, 6.45) is 0.746. The first-order valence-electron chi connectivity index (χ1n) is 5.09. The summed E-state index contributed by atoms with van der Waals surface area (Å²) in [6, 6.07) is 5.76. The van der Waals surface area contributed by atoms with Crippen LogP contribution < -0.4 is 11.1 Å². The highest BCUT2D eigenvalue weighted by Crippen LogP contribution is 2.26. The molecule has 4 N–H and O–H groups in total. The SMILES string of the molecule is CCC(Nc1cccc(C)c1Br)/C(N)=N/O. The molecule has 0 heterocycles. The van der Waals surface area contributed by atoms with Gasteiger partial charge in [0.05, 0.1) is 6.04 Å². The minimum absolute atomic E-state index is 0.164. The van der Waals surface area contributed by atoms with E-state index in [1.165, 1.54) is 0 Å². The number of rotatable bonds is 4. The second-order valence-corrected chi connectivity index (χ2v) is 4.36. The molecular formula is C11H16BrN3O. The summed E-state index contributed by atoms with van der Waals surface area (Å²) < 4.78 is 0.999. The van der Waals surface area contributed by atoms with E-state index in [1.54, 1.807) is 0 Å². The Bertz CT molecular complexity index is 393. The van der Waals surface area contributed by atoms with Crippen LogP contribution in [0.1, 0.15) is 18.9 Å². The monoisotopic (exact) mass is 285 g/mol. The molecule has 0 aliphatic heterocycles. The number of benzene rings is 1. The van der Waals surface area contributed by atoms with E-state index in [2.05, 4.69) is 26.4 Å². The molecule has 1 aromatic carbocycles. The van der Waals surface area contributed by atoms with Gasteiger partial charge >= 0.3 is 0 Å². The van der Waals surface area contributed by atoms with Crippen LogP contribution in [0, 0.1) is 6.92 Å². The van der Waals surface area contributed by atoms with Gasteiger partial charge in [-0.25, -0.2) is 0 Å². The Morgan fingerprint density at radius 2 is 2.31 bits per heavy atom. The van der Waals surface area contributed by atoms with Gasteiger partial charge in [-0.05, 0) is 40.9 Å². The van der Waals surface area contributed by atoms with Gasteiger partial charge in [-0.3, -0.25) is 0 Å². The number of hydrogen-bond acceptors (Lipinski definition) is 3. The van der Waals surface area contributed by atoms with Crippen molar-refractivity contribution < 1.29 is 5.21 Å². The maximum absolute atomic E-state index is 8.65. The van der Waals surface area contributed by atoms with Crippen molar-refractivity contribution in [2.75, 3.05) is 5.32 Å². The lowest BCUT2D eigenvalue weighted by Gasteiger charge is -2.18. The fourth-order valence-electron chi connectivity index (χ4n) is 1.40. The molecule has 0 saturated carbocycles. The first-order valence-corrected chi connectivity index (χ1v) is 5.88. The van der Waals surface area contributed by atoms with E-state index in [4.69, 9.17) is 10.9 Å². The third-order valence-electron chi connectivity index (χ3n) is 2.40. The van der Waals surface area contributed by atoms with Gasteiger partial charge in [0.2, 0.25) is 0 Å². The molecule has 88 valence electrons. The number of halogens is 1. The first kappa shape index (κ1) is 12.8. The zero-order chi connectivity index (χ0) is 12.1. The van der Waals surface area contributed by atoms with E-state index in [1.807, 2.05) is 32.0 Å². The molecular weight excluding hydrogens is 270 g/mol. The largest absolute Gasteiger partial charge is 0.409 e. The van der Waals surface area contributed by atoms with Crippen LogP contribution in [0.25, 0.3) is 0 Å². The number of oxime groups is 1. The third-order valence-corrected chi connectivity index (χ3v) is 3.45. The van der Waals surface area contributed by atoms with Gasteiger partial charge < -0.3 is 16.3 Å². The highest BCUT2D eigenvalue weighted by Gasteiger charge is 2.13. The summed E-state index contributed by atoms with van der Waals surface area (Å²) in [5.74, 6) is 0.191. The highest BCUT2D eigenvalue weighted by atomic mass is 79.9. The number of nitrogens with one attached hydrogen (secondary N) is 1. The lowest BCUT2D eigenvalue weighted by molar-refractivity contribution is 0.316. The second kappa shape index (κ2) is 5.75. The van der Waals surface area contributed by atoms with Gasteiger partial charge in [-0.1, -0.05) is 24.2 Å². The Balaban J connectivity index is 2.90. The molecule has 1 unspecified atom stereocenters. The Morgan fingerprint density at radius 1 is 1.62 bits per heavy atom. The van der Waals surface area contributed by atoms with Crippen molar-refractivity contribution in [1.82, 2.24) is 0 Å². The van der Waals surface area contributed by atoms with Gasteiger partial charge in [0, 0.05) is 10.2 Å². The topological polar surface area (TPSA) is 70.6 Å². The lowest BCUT2D eigenvalue weighted by atomic mass is 10.1. The predicted octanol–water partition coefficient (Wildman–Crippen LogP) is 2.69. The van der Waals surface area contributed by atoms with Crippen molar-refractivity contribution in [1.29, 1.82) is 0 Å². The van der Waals surface area contributed by atoms with Crippen LogP contribution in [-0.4, -0.2) is 17.1 Å². The summed E-state index contributed by atoms with van der Waals surface area (Å²) in [5, 5.41) is 14.9. The maximum Gasteiger partial charge on any atom is 0.161 e. The smallest absolute Gasteiger partial charge is 0.161 e. The van der Waals surface area contributed by atoms with Crippen LogP contribution in [0.15, 0.2) is 27.8 Å². The van der Waals surface area contributed by atoms with Crippen molar-refractivity contribution >= 4 is 27.5 Å². The average Bonchev–Trinajstić information content (AvgIpc) is 2.30. The van der Waals surface area contributed by atoms with Gasteiger partial charge in [-0.15, -0.1) is 0 Å². The Kier molecular flexibility index (Phi) is 4.61. The molecule has 0 fully saturated rings. The quantitative estimate of drug-likeness (QED) is 0.345. The molecule has 0 amide bonds. The summed E-state index contributed by atoms with van der Waals surface area (Å²) in [4.78, 5) is 0. The lowest BCUT2D eigenvalue weighted by Crippen LogP contribution is -2.35. The van der Waals surface area contributed by atoms with Gasteiger partial charge in [0.15, 0.2) is 5.84 Å². The van der Waals surface area contributed by atoms with Crippen molar-refractivity contribution in [3.63, 3.8) is 0 Å². The number of anilines is 1. The van der Waals surface area contributed by atoms with Crippen molar-refractivity contribution in [2.45, 2.75) is 26.3 Å². The number of aryl methyl sites for hydroxylation is 1. The van der Waals surface area contributed by atoms with Crippen LogP contribution >= 0.6 is 15.9 Å². The molecule has 0 spiro atoms. The van der Waals surface area contributed by atoms with Gasteiger partial charge in [0.25, 0.3) is 0 Å². The molecule has 0 aliphatic carbocycles. The average molecular weight is 286 g/mol. The fraction of sp³-hybridized carbons (Fsp3) is 0.364. The van der Waals surface area contributed by atoms with Crippen molar-refractivity contribution in [3.05, 3.63) is 28.2 Å². The van der Waals surface area contributed by atoms with Crippen LogP contribution in [0.5, 0.6) is 0 Å². The molecule has 1 atom stereocenters. The molecule has 0 bridgehead atoms. The second-order valence-electron chi connectivity index (χ2n) is 3.57. The number of amidine groups is 1. The molecule has 5 heteroatoms. The predicted molar refractivity (Wildman–Crippen MR) is 70.0 cm³/mol. The summed E-state index contributed by atoms with van der Waals surface area (Å²) in [5.41, 5.74) is 7.67. The molecule has 1 rings (SSSR count).